The van der Waals surface area contributed by atoms with Gasteiger partial charge in [0.2, 0.25) is 5.91 Å². The van der Waals surface area contributed by atoms with Crippen molar-refractivity contribution in [3.63, 3.8) is 0 Å². The zero-order valence-corrected chi connectivity index (χ0v) is 11.7. The van der Waals surface area contributed by atoms with Crippen LogP contribution in [0.3, 0.4) is 0 Å². The van der Waals surface area contributed by atoms with Gasteiger partial charge in [-0.3, -0.25) is 9.00 Å². The van der Waals surface area contributed by atoms with Gasteiger partial charge in [-0.25, -0.2) is 0 Å². The second-order valence-corrected chi connectivity index (χ2v) is 5.58. The normalized spacial score (nSPS) is 12.2. The quantitative estimate of drug-likeness (QED) is 0.858. The summed E-state index contributed by atoms with van der Waals surface area (Å²) < 4.78 is 11.9. The van der Waals surface area contributed by atoms with Crippen molar-refractivity contribution in [2.75, 3.05) is 11.1 Å². The fraction of sp³-hybridized carbons (Fsp3) is 0.0625. The van der Waals surface area contributed by atoms with E-state index in [1.165, 1.54) is 6.08 Å². The monoisotopic (exact) mass is 285 g/mol. The molecule has 0 saturated carbocycles. The first-order chi connectivity index (χ1) is 9.75. The van der Waals surface area contributed by atoms with Crippen LogP contribution in [0.5, 0.6) is 0 Å². The molecule has 0 aliphatic heterocycles. The predicted octanol–water partition coefficient (Wildman–Crippen LogP) is 2.99. The minimum Gasteiger partial charge on any atom is -0.323 e. The maximum absolute atomic E-state index is 11.9. The van der Waals surface area contributed by atoms with Gasteiger partial charge in [0.25, 0.3) is 0 Å². The topological polar surface area (TPSA) is 46.2 Å². The van der Waals surface area contributed by atoms with Crippen molar-refractivity contribution in [3.05, 3.63) is 72.8 Å². The molecule has 4 heteroatoms. The minimum absolute atomic E-state index is 0.221. The van der Waals surface area contributed by atoms with E-state index in [9.17, 15) is 9.00 Å². The highest BCUT2D eigenvalue weighted by Gasteiger charge is 2.01. The summed E-state index contributed by atoms with van der Waals surface area (Å²) in [4.78, 5) is 12.4. The standard InChI is InChI=1S/C16H15NO2S/c18-16(17-14-8-3-1-4-9-14)12-7-13-20(19)15-10-5-2-6-11-15/h1-12H,13H2,(H,17,18)/b12-7+. The van der Waals surface area contributed by atoms with Crippen LogP contribution in [0.25, 0.3) is 0 Å². The highest BCUT2D eigenvalue weighted by atomic mass is 32.2. The third kappa shape index (κ3) is 4.48. The van der Waals surface area contributed by atoms with E-state index < -0.39 is 10.8 Å². The molecule has 0 aliphatic rings. The summed E-state index contributed by atoms with van der Waals surface area (Å²) >= 11 is 0. The molecule has 0 bridgehead atoms. The van der Waals surface area contributed by atoms with Gasteiger partial charge in [0, 0.05) is 22.4 Å². The molecule has 1 unspecified atom stereocenters. The Morgan fingerprint density at radius 2 is 1.60 bits per heavy atom. The van der Waals surface area contributed by atoms with Crippen molar-refractivity contribution < 1.29 is 9.00 Å². The van der Waals surface area contributed by atoms with Gasteiger partial charge >= 0.3 is 0 Å². The first-order valence-corrected chi connectivity index (χ1v) is 7.53. The summed E-state index contributed by atoms with van der Waals surface area (Å²) in [7, 11) is -1.11. The molecule has 2 aromatic carbocycles. The van der Waals surface area contributed by atoms with E-state index in [4.69, 9.17) is 0 Å². The molecule has 102 valence electrons. The van der Waals surface area contributed by atoms with E-state index in [2.05, 4.69) is 5.32 Å². The number of nitrogens with one attached hydrogen (secondary N) is 1. The smallest absolute Gasteiger partial charge is 0.248 e. The molecule has 2 aromatic rings. The summed E-state index contributed by atoms with van der Waals surface area (Å²) in [6.45, 7) is 0. The highest BCUT2D eigenvalue weighted by Crippen LogP contribution is 2.06. The summed E-state index contributed by atoms with van der Waals surface area (Å²) in [5, 5.41) is 2.73. The average molecular weight is 285 g/mol. The fourth-order valence-electron chi connectivity index (χ4n) is 1.62. The summed E-state index contributed by atoms with van der Waals surface area (Å²) in [5.74, 6) is 0.105. The molecule has 1 amide bonds. The van der Waals surface area contributed by atoms with Gasteiger partial charge < -0.3 is 5.32 Å². The number of hydrogen-bond acceptors (Lipinski definition) is 2. The van der Waals surface area contributed by atoms with Gasteiger partial charge in [-0.05, 0) is 24.3 Å². The maximum atomic E-state index is 11.9. The predicted molar refractivity (Wildman–Crippen MR) is 81.9 cm³/mol. The summed E-state index contributed by atoms with van der Waals surface area (Å²) in [5.41, 5.74) is 0.742. The van der Waals surface area contributed by atoms with Crippen LogP contribution in [0.2, 0.25) is 0 Å². The second kappa shape index (κ2) is 7.40. The van der Waals surface area contributed by atoms with Crippen molar-refractivity contribution in [2.45, 2.75) is 4.90 Å². The van der Waals surface area contributed by atoms with Gasteiger partial charge in [-0.1, -0.05) is 42.5 Å². The lowest BCUT2D eigenvalue weighted by Gasteiger charge is -2.01. The highest BCUT2D eigenvalue weighted by molar-refractivity contribution is 7.85. The Kier molecular flexibility index (Phi) is 5.26. The Hall–Kier alpha value is -2.20. The second-order valence-electron chi connectivity index (χ2n) is 4.08. The molecule has 0 saturated heterocycles. The number of hydrogen-bond donors (Lipinski definition) is 1. The zero-order chi connectivity index (χ0) is 14.2. The molecule has 1 N–H and O–H groups in total. The first-order valence-electron chi connectivity index (χ1n) is 6.22. The summed E-state index contributed by atoms with van der Waals surface area (Å²) in [6, 6.07) is 18.4. The van der Waals surface area contributed by atoms with E-state index in [1.807, 2.05) is 60.7 Å². The van der Waals surface area contributed by atoms with Crippen LogP contribution in [0.1, 0.15) is 0 Å². The van der Waals surface area contributed by atoms with Crippen LogP contribution >= 0.6 is 0 Å². The van der Waals surface area contributed by atoms with Gasteiger partial charge in [-0.2, -0.15) is 0 Å². The van der Waals surface area contributed by atoms with Crippen LogP contribution in [0.4, 0.5) is 5.69 Å². The van der Waals surface area contributed by atoms with E-state index in [0.29, 0.717) is 5.75 Å². The Morgan fingerprint density at radius 3 is 2.25 bits per heavy atom. The van der Waals surface area contributed by atoms with Crippen molar-refractivity contribution in [1.82, 2.24) is 0 Å². The zero-order valence-electron chi connectivity index (χ0n) is 10.9. The molecule has 1 atom stereocenters. The Morgan fingerprint density at radius 1 is 1.00 bits per heavy atom. The molecular weight excluding hydrogens is 270 g/mol. The Labute approximate surface area is 120 Å². The van der Waals surface area contributed by atoms with Crippen molar-refractivity contribution in [1.29, 1.82) is 0 Å². The number of rotatable bonds is 5. The number of amides is 1. The van der Waals surface area contributed by atoms with Crippen LogP contribution < -0.4 is 5.32 Å². The van der Waals surface area contributed by atoms with E-state index >= 15 is 0 Å². The molecule has 3 nitrogen and oxygen atoms in total. The molecule has 2 rings (SSSR count). The van der Waals surface area contributed by atoms with E-state index in [1.54, 1.807) is 6.08 Å². The molecule has 0 aromatic heterocycles. The molecule has 0 heterocycles. The molecule has 0 spiro atoms. The number of carbonyl (C=O) groups is 1. The minimum atomic E-state index is -1.11. The van der Waals surface area contributed by atoms with Gasteiger partial charge in [0.1, 0.15) is 0 Å². The van der Waals surface area contributed by atoms with Crippen LogP contribution in [0, 0.1) is 0 Å². The number of anilines is 1. The average Bonchev–Trinajstić information content (AvgIpc) is 2.49. The van der Waals surface area contributed by atoms with Crippen molar-refractivity contribution in [2.24, 2.45) is 0 Å². The lowest BCUT2D eigenvalue weighted by Crippen LogP contribution is -2.08. The Balaban J connectivity index is 1.84. The molecule has 0 aliphatic carbocycles. The Bertz CT molecular complexity index is 609. The maximum Gasteiger partial charge on any atom is 0.248 e. The molecule has 20 heavy (non-hydrogen) atoms. The lowest BCUT2D eigenvalue weighted by atomic mass is 10.3. The first kappa shape index (κ1) is 14.2. The number of benzene rings is 2. The van der Waals surface area contributed by atoms with Crippen LogP contribution in [-0.2, 0) is 15.6 Å². The molecular formula is C16H15NO2S. The number of para-hydroxylation sites is 1. The third-order valence-electron chi connectivity index (χ3n) is 2.56. The van der Waals surface area contributed by atoms with E-state index in [0.717, 1.165) is 10.6 Å². The fourth-order valence-corrected chi connectivity index (χ4v) is 2.54. The lowest BCUT2D eigenvalue weighted by molar-refractivity contribution is -0.111. The summed E-state index contributed by atoms with van der Waals surface area (Å²) in [6.07, 6.45) is 3.04. The van der Waals surface area contributed by atoms with Gasteiger partial charge in [-0.15, -0.1) is 0 Å². The van der Waals surface area contributed by atoms with Crippen LogP contribution in [-0.4, -0.2) is 15.9 Å². The largest absolute Gasteiger partial charge is 0.323 e. The van der Waals surface area contributed by atoms with Crippen LogP contribution in [0.15, 0.2) is 77.7 Å². The molecule has 0 fully saturated rings. The SMILES string of the molecule is O=C(/C=C/CS(=O)c1ccccc1)Nc1ccccc1. The van der Waals surface area contributed by atoms with Gasteiger partial charge in [0.05, 0.1) is 10.8 Å². The molecule has 0 radical (unpaired) electrons. The number of carbonyl (C=O) groups excluding carboxylic acids is 1. The van der Waals surface area contributed by atoms with Crippen molar-refractivity contribution in [3.8, 4) is 0 Å². The van der Waals surface area contributed by atoms with Crippen molar-refractivity contribution >= 4 is 22.4 Å². The van der Waals surface area contributed by atoms with Gasteiger partial charge in [0.15, 0.2) is 0 Å². The third-order valence-corrected chi connectivity index (χ3v) is 3.86. The van der Waals surface area contributed by atoms with E-state index in [-0.39, 0.29) is 5.91 Å².